The first-order valence-electron chi connectivity index (χ1n) is 6.87. The minimum atomic E-state index is 0.358. The molecule has 1 N–H and O–H groups in total. The van der Waals surface area contributed by atoms with Crippen LogP contribution < -0.4 is 5.32 Å². The molecule has 100 valence electrons. The second-order valence-electron chi connectivity index (χ2n) is 5.17. The highest BCUT2D eigenvalue weighted by Gasteiger charge is 2.27. The minimum Gasteiger partial charge on any atom is -0.349 e. The highest BCUT2D eigenvalue weighted by atomic mass is 15.3. The van der Waals surface area contributed by atoms with Crippen LogP contribution in [0.4, 0.5) is 5.95 Å². The van der Waals surface area contributed by atoms with Gasteiger partial charge in [0.2, 0.25) is 5.95 Å². The van der Waals surface area contributed by atoms with Gasteiger partial charge in [0.25, 0.3) is 0 Å². The van der Waals surface area contributed by atoms with Crippen molar-refractivity contribution in [2.75, 3.05) is 5.32 Å². The number of nitrogens with one attached hydrogen (secondary N) is 1. The normalized spacial score (nSPS) is 23.2. The molecule has 1 aliphatic carbocycles. The zero-order valence-corrected chi connectivity index (χ0v) is 11.2. The maximum Gasteiger partial charge on any atom is 0.222 e. The predicted octanol–water partition coefficient (Wildman–Crippen LogP) is 2.58. The van der Waals surface area contributed by atoms with Gasteiger partial charge < -0.3 is 5.32 Å². The molecular formula is C14H19N5. The van der Waals surface area contributed by atoms with Crippen LogP contribution in [0.15, 0.2) is 30.9 Å². The molecule has 5 nitrogen and oxygen atoms in total. The third-order valence-corrected chi connectivity index (χ3v) is 3.69. The fourth-order valence-electron chi connectivity index (χ4n) is 2.71. The Morgan fingerprint density at radius 1 is 1.21 bits per heavy atom. The van der Waals surface area contributed by atoms with Crippen LogP contribution in [0.1, 0.15) is 37.3 Å². The Bertz CT molecular complexity index is 505. The molecule has 0 aromatic carbocycles. The van der Waals surface area contributed by atoms with E-state index in [9.17, 15) is 0 Å². The van der Waals surface area contributed by atoms with Gasteiger partial charge in [-0.3, -0.25) is 4.68 Å². The number of aromatic nitrogens is 4. The van der Waals surface area contributed by atoms with E-state index in [1.54, 1.807) is 0 Å². The van der Waals surface area contributed by atoms with Crippen LogP contribution in [0.5, 0.6) is 0 Å². The summed E-state index contributed by atoms with van der Waals surface area (Å²) in [4.78, 5) is 8.67. The molecule has 2 heterocycles. The zero-order valence-electron chi connectivity index (χ0n) is 11.2. The van der Waals surface area contributed by atoms with E-state index in [1.807, 2.05) is 37.8 Å². The van der Waals surface area contributed by atoms with Gasteiger partial charge in [-0.1, -0.05) is 12.8 Å². The monoisotopic (exact) mass is 257 g/mol. The van der Waals surface area contributed by atoms with E-state index in [2.05, 4.69) is 25.1 Å². The summed E-state index contributed by atoms with van der Waals surface area (Å²) in [7, 11) is 0. The fraction of sp³-hybridized carbons (Fsp3) is 0.500. The third kappa shape index (κ3) is 2.75. The number of aryl methyl sites for hydroxylation is 1. The maximum atomic E-state index is 4.38. The molecule has 1 saturated carbocycles. The standard InChI is InChI=1S/C14H19N5/c1-11-9-15-14(16-10-11)18-12-5-2-3-6-13(12)19-8-4-7-17-19/h4,7-10,12-13H,2-3,5-6H2,1H3,(H,15,16,18). The summed E-state index contributed by atoms with van der Waals surface area (Å²) in [6, 6.07) is 2.73. The molecule has 2 atom stereocenters. The molecule has 1 aliphatic rings. The van der Waals surface area contributed by atoms with Gasteiger partial charge in [0, 0.05) is 24.8 Å². The summed E-state index contributed by atoms with van der Waals surface area (Å²) in [5, 5.41) is 7.85. The average Bonchev–Trinajstić information content (AvgIpc) is 2.96. The van der Waals surface area contributed by atoms with Gasteiger partial charge in [0.05, 0.1) is 12.1 Å². The van der Waals surface area contributed by atoms with Crippen molar-refractivity contribution >= 4 is 5.95 Å². The van der Waals surface area contributed by atoms with Gasteiger partial charge in [-0.2, -0.15) is 5.10 Å². The number of hydrogen-bond donors (Lipinski definition) is 1. The first-order valence-corrected chi connectivity index (χ1v) is 6.87. The second kappa shape index (κ2) is 5.38. The van der Waals surface area contributed by atoms with Crippen molar-refractivity contribution in [3.05, 3.63) is 36.4 Å². The highest BCUT2D eigenvalue weighted by Crippen LogP contribution is 2.29. The molecule has 19 heavy (non-hydrogen) atoms. The molecule has 1 fully saturated rings. The van der Waals surface area contributed by atoms with Crippen molar-refractivity contribution in [1.82, 2.24) is 19.7 Å². The van der Waals surface area contributed by atoms with Crippen LogP contribution in [0.3, 0.4) is 0 Å². The molecule has 0 bridgehead atoms. The number of nitrogens with zero attached hydrogens (tertiary/aromatic N) is 4. The SMILES string of the molecule is Cc1cnc(NC2CCCCC2n2cccn2)nc1. The fourth-order valence-corrected chi connectivity index (χ4v) is 2.71. The van der Waals surface area contributed by atoms with E-state index >= 15 is 0 Å². The molecule has 5 heteroatoms. The first-order chi connectivity index (χ1) is 9.33. The lowest BCUT2D eigenvalue weighted by atomic mass is 9.90. The summed E-state index contributed by atoms with van der Waals surface area (Å²) < 4.78 is 2.06. The Morgan fingerprint density at radius 2 is 2.00 bits per heavy atom. The molecule has 0 spiro atoms. The van der Waals surface area contributed by atoms with Crippen molar-refractivity contribution in [1.29, 1.82) is 0 Å². The van der Waals surface area contributed by atoms with Crippen LogP contribution >= 0.6 is 0 Å². The van der Waals surface area contributed by atoms with Crippen molar-refractivity contribution in [3.63, 3.8) is 0 Å². The summed E-state index contributed by atoms with van der Waals surface area (Å²) in [6.07, 6.45) is 12.4. The molecule has 2 unspecified atom stereocenters. The van der Waals surface area contributed by atoms with Crippen LogP contribution in [0, 0.1) is 6.92 Å². The van der Waals surface area contributed by atoms with Crippen molar-refractivity contribution in [3.8, 4) is 0 Å². The van der Waals surface area contributed by atoms with E-state index in [-0.39, 0.29) is 0 Å². The third-order valence-electron chi connectivity index (χ3n) is 3.69. The minimum absolute atomic E-state index is 0.358. The van der Waals surface area contributed by atoms with Gasteiger partial charge >= 0.3 is 0 Å². The second-order valence-corrected chi connectivity index (χ2v) is 5.17. The lowest BCUT2D eigenvalue weighted by Gasteiger charge is -2.32. The van der Waals surface area contributed by atoms with Gasteiger partial charge in [-0.05, 0) is 31.4 Å². The number of hydrogen-bond acceptors (Lipinski definition) is 4. The smallest absolute Gasteiger partial charge is 0.222 e. The van der Waals surface area contributed by atoms with Crippen LogP contribution in [0.2, 0.25) is 0 Å². The van der Waals surface area contributed by atoms with E-state index in [0.29, 0.717) is 12.1 Å². The Labute approximate surface area is 113 Å². The first kappa shape index (κ1) is 12.1. The van der Waals surface area contributed by atoms with Crippen molar-refractivity contribution in [2.24, 2.45) is 0 Å². The molecule has 0 saturated heterocycles. The number of anilines is 1. The number of rotatable bonds is 3. The lowest BCUT2D eigenvalue weighted by molar-refractivity contribution is 0.300. The molecule has 2 aromatic rings. The summed E-state index contributed by atoms with van der Waals surface area (Å²) in [6.45, 7) is 2.00. The van der Waals surface area contributed by atoms with E-state index in [1.165, 1.54) is 12.8 Å². The lowest BCUT2D eigenvalue weighted by Crippen LogP contribution is -2.35. The predicted molar refractivity (Wildman–Crippen MR) is 73.9 cm³/mol. The Hall–Kier alpha value is -1.91. The summed E-state index contributed by atoms with van der Waals surface area (Å²) in [5.41, 5.74) is 1.08. The Kier molecular flexibility index (Phi) is 3.44. The molecule has 0 amide bonds. The van der Waals surface area contributed by atoms with E-state index in [4.69, 9.17) is 0 Å². The molecule has 2 aromatic heterocycles. The van der Waals surface area contributed by atoms with Crippen molar-refractivity contribution < 1.29 is 0 Å². The molecule has 0 aliphatic heterocycles. The van der Waals surface area contributed by atoms with Gasteiger partial charge in [0.1, 0.15) is 0 Å². The van der Waals surface area contributed by atoms with Gasteiger partial charge in [0.15, 0.2) is 0 Å². The van der Waals surface area contributed by atoms with Crippen LogP contribution in [0.25, 0.3) is 0 Å². The Morgan fingerprint density at radius 3 is 2.74 bits per heavy atom. The largest absolute Gasteiger partial charge is 0.349 e. The molecule has 3 rings (SSSR count). The van der Waals surface area contributed by atoms with E-state index < -0.39 is 0 Å². The zero-order chi connectivity index (χ0) is 13.1. The van der Waals surface area contributed by atoms with E-state index in [0.717, 1.165) is 24.4 Å². The quantitative estimate of drug-likeness (QED) is 0.918. The maximum absolute atomic E-state index is 4.38. The Balaban J connectivity index is 1.75. The van der Waals surface area contributed by atoms with Gasteiger partial charge in [-0.15, -0.1) is 0 Å². The van der Waals surface area contributed by atoms with Gasteiger partial charge in [-0.25, -0.2) is 9.97 Å². The molecular weight excluding hydrogens is 238 g/mol. The van der Waals surface area contributed by atoms with Crippen molar-refractivity contribution in [2.45, 2.75) is 44.7 Å². The van der Waals surface area contributed by atoms with Crippen LogP contribution in [-0.4, -0.2) is 25.8 Å². The summed E-state index contributed by atoms with van der Waals surface area (Å²) in [5.74, 6) is 0.717. The molecule has 0 radical (unpaired) electrons. The summed E-state index contributed by atoms with van der Waals surface area (Å²) >= 11 is 0. The topological polar surface area (TPSA) is 55.6 Å². The highest BCUT2D eigenvalue weighted by molar-refractivity contribution is 5.27. The average molecular weight is 257 g/mol. The van der Waals surface area contributed by atoms with Crippen LogP contribution in [-0.2, 0) is 0 Å².